The third-order valence-corrected chi connectivity index (χ3v) is 6.21. The lowest BCUT2D eigenvalue weighted by atomic mass is 9.77. The Morgan fingerprint density at radius 3 is 2.60 bits per heavy atom. The van der Waals surface area contributed by atoms with Crippen molar-refractivity contribution >= 4 is 23.5 Å². The normalized spacial score (nSPS) is 20.5. The quantitative estimate of drug-likeness (QED) is 0.554. The van der Waals surface area contributed by atoms with Crippen molar-refractivity contribution < 1.29 is 15.0 Å². The summed E-state index contributed by atoms with van der Waals surface area (Å²) in [4.78, 5) is 17.9. The van der Waals surface area contributed by atoms with E-state index in [2.05, 4.69) is 15.4 Å². The zero-order valence-corrected chi connectivity index (χ0v) is 17.1. The Hall–Kier alpha value is -3.26. The van der Waals surface area contributed by atoms with Crippen molar-refractivity contribution in [2.45, 2.75) is 30.0 Å². The van der Waals surface area contributed by atoms with Gasteiger partial charge in [-0.15, -0.1) is 5.10 Å². The van der Waals surface area contributed by atoms with Gasteiger partial charge in [0.15, 0.2) is 5.78 Å². The molecule has 3 N–H and O–H groups in total. The number of Topliss-reactive ketones (excluding diaryl/α,β-unsaturated/α-hetero) is 1. The number of aromatic nitrogens is 3. The van der Waals surface area contributed by atoms with Gasteiger partial charge in [0.25, 0.3) is 0 Å². The molecule has 7 nitrogen and oxygen atoms in total. The number of thioether (sulfide) groups is 1. The van der Waals surface area contributed by atoms with Crippen molar-refractivity contribution in [3.05, 3.63) is 70.9 Å². The average molecular weight is 420 g/mol. The Balaban J connectivity index is 1.62. The Morgan fingerprint density at radius 1 is 1.10 bits per heavy atom. The Bertz CT molecular complexity index is 1170. The lowest BCUT2D eigenvalue weighted by Crippen LogP contribution is -2.33. The number of anilines is 1. The molecule has 152 valence electrons. The summed E-state index contributed by atoms with van der Waals surface area (Å²) in [5.74, 6) is 0.863. The maximum Gasteiger partial charge on any atom is 0.227 e. The molecule has 1 aromatic heterocycles. The summed E-state index contributed by atoms with van der Waals surface area (Å²) in [7, 11) is 0. The number of carbonyl (C=O) groups excluding carboxylic acids is 1. The molecule has 30 heavy (non-hydrogen) atoms. The van der Waals surface area contributed by atoms with Gasteiger partial charge in [-0.1, -0.05) is 42.1 Å². The van der Waals surface area contributed by atoms with Gasteiger partial charge in [0.2, 0.25) is 11.1 Å². The standard InChI is InChI=1S/C22H20N4O3S/c1-30-22-24-21-23-16-10-13(15-4-2-3-5-17(15)28)11-18(29)19(16)20(26(21)25-22)12-6-8-14(27)9-7-12/h2-9,13,20,27-28H,10-11H2,1H3,(H,23,24,25). The fourth-order valence-corrected chi connectivity index (χ4v) is 4.64. The number of carbonyl (C=O) groups is 1. The van der Waals surface area contributed by atoms with Gasteiger partial charge in [-0.3, -0.25) is 4.79 Å². The van der Waals surface area contributed by atoms with Gasteiger partial charge in [0.05, 0.1) is 0 Å². The van der Waals surface area contributed by atoms with Crippen LogP contribution in [0.2, 0.25) is 0 Å². The molecule has 3 aromatic rings. The highest BCUT2D eigenvalue weighted by molar-refractivity contribution is 7.98. The number of fused-ring (bicyclic) bond motifs is 1. The molecule has 2 heterocycles. The lowest BCUT2D eigenvalue weighted by molar-refractivity contribution is -0.116. The van der Waals surface area contributed by atoms with Gasteiger partial charge in [-0.05, 0) is 42.0 Å². The number of phenolic OH excluding ortho intramolecular Hbond substituents is 2. The molecule has 2 aromatic carbocycles. The largest absolute Gasteiger partial charge is 0.508 e. The Kier molecular flexibility index (Phi) is 4.51. The van der Waals surface area contributed by atoms with Crippen molar-refractivity contribution in [3.63, 3.8) is 0 Å². The molecular weight excluding hydrogens is 400 g/mol. The smallest absolute Gasteiger partial charge is 0.227 e. The number of ketones is 1. The SMILES string of the molecule is CSc1nc2n(n1)C(c1ccc(O)cc1)C1=C(CC(c3ccccc3O)CC1=O)N2. The van der Waals surface area contributed by atoms with E-state index in [-0.39, 0.29) is 23.2 Å². The molecule has 0 amide bonds. The zero-order chi connectivity index (χ0) is 20.8. The van der Waals surface area contributed by atoms with E-state index in [1.54, 1.807) is 28.9 Å². The van der Waals surface area contributed by atoms with E-state index in [0.717, 1.165) is 16.8 Å². The minimum atomic E-state index is -0.414. The van der Waals surface area contributed by atoms with Crippen LogP contribution in [-0.4, -0.2) is 37.0 Å². The summed E-state index contributed by atoms with van der Waals surface area (Å²) in [5.41, 5.74) is 3.11. The van der Waals surface area contributed by atoms with Crippen LogP contribution in [-0.2, 0) is 4.79 Å². The number of aromatic hydroxyl groups is 2. The molecule has 5 rings (SSSR count). The third kappa shape index (κ3) is 3.04. The van der Waals surface area contributed by atoms with Gasteiger partial charge >= 0.3 is 0 Å². The third-order valence-electron chi connectivity index (χ3n) is 5.67. The first-order chi connectivity index (χ1) is 14.5. The van der Waals surface area contributed by atoms with Gasteiger partial charge in [-0.2, -0.15) is 4.98 Å². The predicted molar refractivity (Wildman–Crippen MR) is 114 cm³/mol. The van der Waals surface area contributed by atoms with Crippen LogP contribution in [0.3, 0.4) is 0 Å². The molecule has 0 bridgehead atoms. The molecule has 0 fully saturated rings. The second-order valence-electron chi connectivity index (χ2n) is 7.47. The van der Waals surface area contributed by atoms with Crippen LogP contribution in [0.5, 0.6) is 11.5 Å². The summed E-state index contributed by atoms with van der Waals surface area (Å²) in [6, 6.07) is 13.6. The summed E-state index contributed by atoms with van der Waals surface area (Å²) in [6.45, 7) is 0. The number of rotatable bonds is 3. The van der Waals surface area contributed by atoms with E-state index in [0.29, 0.717) is 29.5 Å². The average Bonchev–Trinajstić information content (AvgIpc) is 3.16. The fraction of sp³-hybridized carbons (Fsp3) is 0.227. The van der Waals surface area contributed by atoms with E-state index in [9.17, 15) is 15.0 Å². The van der Waals surface area contributed by atoms with Crippen LogP contribution in [0.15, 0.2) is 65.0 Å². The Morgan fingerprint density at radius 2 is 1.87 bits per heavy atom. The fourth-order valence-electron chi connectivity index (χ4n) is 4.30. The number of allylic oxidation sites excluding steroid dienone is 2. The maximum atomic E-state index is 13.4. The van der Waals surface area contributed by atoms with Gasteiger partial charge in [-0.25, -0.2) is 4.68 Å². The van der Waals surface area contributed by atoms with Crippen LogP contribution in [0, 0.1) is 0 Å². The van der Waals surface area contributed by atoms with Crippen molar-refractivity contribution in [1.29, 1.82) is 0 Å². The van der Waals surface area contributed by atoms with Crippen molar-refractivity contribution in [3.8, 4) is 11.5 Å². The molecule has 0 saturated carbocycles. The van der Waals surface area contributed by atoms with Crippen LogP contribution in [0.4, 0.5) is 5.95 Å². The number of phenols is 2. The van der Waals surface area contributed by atoms with Crippen LogP contribution in [0.25, 0.3) is 0 Å². The highest BCUT2D eigenvalue weighted by Gasteiger charge is 2.40. The van der Waals surface area contributed by atoms with Gasteiger partial charge < -0.3 is 15.5 Å². The number of nitrogens with zero attached hydrogens (tertiary/aromatic N) is 3. The van der Waals surface area contributed by atoms with Crippen LogP contribution in [0.1, 0.15) is 35.9 Å². The zero-order valence-electron chi connectivity index (χ0n) is 16.2. The van der Waals surface area contributed by atoms with Crippen LogP contribution < -0.4 is 5.32 Å². The molecular formula is C22H20N4O3S. The monoisotopic (exact) mass is 420 g/mol. The Labute approximate surface area is 177 Å². The van der Waals surface area contributed by atoms with Crippen LogP contribution >= 0.6 is 11.8 Å². The molecule has 1 aliphatic carbocycles. The second kappa shape index (κ2) is 7.21. The maximum absolute atomic E-state index is 13.4. The topological polar surface area (TPSA) is 100 Å². The first kappa shape index (κ1) is 18.7. The van der Waals surface area contributed by atoms with E-state index < -0.39 is 6.04 Å². The summed E-state index contributed by atoms with van der Waals surface area (Å²) >= 11 is 1.44. The molecule has 2 atom stereocenters. The van der Waals surface area contributed by atoms with E-state index >= 15 is 0 Å². The van der Waals surface area contributed by atoms with E-state index in [1.807, 2.05) is 30.5 Å². The number of nitrogens with one attached hydrogen (secondary N) is 1. The number of hydrogen-bond acceptors (Lipinski definition) is 7. The number of hydrogen-bond donors (Lipinski definition) is 3. The molecule has 1 aliphatic heterocycles. The number of benzene rings is 2. The highest BCUT2D eigenvalue weighted by atomic mass is 32.2. The summed E-state index contributed by atoms with van der Waals surface area (Å²) in [5, 5.41) is 28.5. The second-order valence-corrected chi connectivity index (χ2v) is 8.24. The van der Waals surface area contributed by atoms with Crippen molar-refractivity contribution in [1.82, 2.24) is 14.8 Å². The van der Waals surface area contributed by atoms with E-state index in [1.165, 1.54) is 11.8 Å². The van der Waals surface area contributed by atoms with Crippen molar-refractivity contribution in [2.24, 2.45) is 0 Å². The first-order valence-corrected chi connectivity index (χ1v) is 10.9. The highest BCUT2D eigenvalue weighted by Crippen LogP contribution is 2.45. The molecule has 0 spiro atoms. The molecule has 0 saturated heterocycles. The molecule has 0 radical (unpaired) electrons. The minimum absolute atomic E-state index is 0.0157. The van der Waals surface area contributed by atoms with E-state index in [4.69, 9.17) is 0 Å². The lowest BCUT2D eigenvalue weighted by Gasteiger charge is -2.35. The number of para-hydroxylation sites is 1. The molecule has 8 heteroatoms. The molecule has 2 unspecified atom stereocenters. The van der Waals surface area contributed by atoms with Gasteiger partial charge in [0, 0.05) is 23.6 Å². The first-order valence-electron chi connectivity index (χ1n) is 9.65. The minimum Gasteiger partial charge on any atom is -0.508 e. The van der Waals surface area contributed by atoms with Gasteiger partial charge in [0.1, 0.15) is 17.5 Å². The summed E-state index contributed by atoms with van der Waals surface area (Å²) < 4.78 is 1.75. The predicted octanol–water partition coefficient (Wildman–Crippen LogP) is 3.83. The van der Waals surface area contributed by atoms with Crippen molar-refractivity contribution in [2.75, 3.05) is 11.6 Å². The molecule has 2 aliphatic rings. The summed E-state index contributed by atoms with van der Waals surface area (Å²) in [6.07, 6.45) is 2.81.